The molecule has 0 bridgehead atoms. The first-order valence-electron chi connectivity index (χ1n) is 9.87. The Hall–Kier alpha value is -3.38. The second-order valence-electron chi connectivity index (χ2n) is 7.37. The molecule has 0 nitrogen and oxygen atoms in total. The molecule has 28 heavy (non-hydrogen) atoms. The minimum absolute atomic E-state index is 0.236. The number of benzene rings is 4. The maximum absolute atomic E-state index is 2.41. The van der Waals surface area contributed by atoms with Crippen molar-refractivity contribution < 1.29 is 0 Å². The number of hydrogen-bond acceptors (Lipinski definition) is 0. The third kappa shape index (κ3) is 2.97. The van der Waals surface area contributed by atoms with E-state index in [1.165, 1.54) is 33.4 Å². The smallest absolute Gasteiger partial charge is 0.0317 e. The summed E-state index contributed by atoms with van der Waals surface area (Å²) in [4.78, 5) is 0. The number of hydrogen-bond donors (Lipinski definition) is 0. The van der Waals surface area contributed by atoms with Crippen LogP contribution in [-0.4, -0.2) is 0 Å². The topological polar surface area (TPSA) is 0 Å². The molecule has 0 heterocycles. The second-order valence-corrected chi connectivity index (χ2v) is 7.37. The van der Waals surface area contributed by atoms with Gasteiger partial charge in [0.15, 0.2) is 0 Å². The van der Waals surface area contributed by atoms with Gasteiger partial charge in [-0.05, 0) is 33.4 Å². The van der Waals surface area contributed by atoms with Gasteiger partial charge in [-0.1, -0.05) is 121 Å². The van der Waals surface area contributed by atoms with Gasteiger partial charge in [-0.25, -0.2) is 0 Å². The first-order chi connectivity index (χ1) is 13.9. The van der Waals surface area contributed by atoms with Gasteiger partial charge in [-0.2, -0.15) is 0 Å². The van der Waals surface area contributed by atoms with Crippen LogP contribution in [-0.2, 0) is 0 Å². The Morgan fingerprint density at radius 2 is 1.00 bits per heavy atom. The molecule has 0 aliphatic heterocycles. The standard InChI is InChI=1S/C28H22/c1-4-12-21(13-5-1)27(22-14-6-2-7-15-22)26-20-24-18-10-11-19-25(24)28(26)23-16-8-3-9-17-23/h1-20,27-28H. The van der Waals surface area contributed by atoms with Crippen molar-refractivity contribution in [1.82, 2.24) is 0 Å². The van der Waals surface area contributed by atoms with Crippen LogP contribution in [0.1, 0.15) is 39.7 Å². The maximum atomic E-state index is 2.41. The molecule has 0 aromatic heterocycles. The molecule has 1 aliphatic rings. The average molecular weight is 358 g/mol. The Morgan fingerprint density at radius 1 is 0.500 bits per heavy atom. The Balaban J connectivity index is 1.72. The van der Waals surface area contributed by atoms with E-state index in [0.29, 0.717) is 0 Å². The molecular formula is C28H22. The van der Waals surface area contributed by atoms with Crippen LogP contribution >= 0.6 is 0 Å². The van der Waals surface area contributed by atoms with Crippen molar-refractivity contribution in [2.45, 2.75) is 11.8 Å². The van der Waals surface area contributed by atoms with E-state index < -0.39 is 0 Å². The molecule has 0 amide bonds. The van der Waals surface area contributed by atoms with Crippen molar-refractivity contribution in [2.75, 3.05) is 0 Å². The zero-order chi connectivity index (χ0) is 18.8. The fraction of sp³-hybridized carbons (Fsp3) is 0.0714. The van der Waals surface area contributed by atoms with Crippen molar-refractivity contribution in [3.8, 4) is 0 Å². The SMILES string of the molecule is C1=C(C(c2ccccc2)c2ccccc2)C(c2ccccc2)c2ccccc21. The van der Waals surface area contributed by atoms with Crippen molar-refractivity contribution >= 4 is 6.08 Å². The van der Waals surface area contributed by atoms with Gasteiger partial charge in [0.1, 0.15) is 0 Å². The summed E-state index contributed by atoms with van der Waals surface area (Å²) in [5.41, 5.74) is 8.23. The van der Waals surface area contributed by atoms with Crippen LogP contribution < -0.4 is 0 Å². The van der Waals surface area contributed by atoms with Gasteiger partial charge in [0, 0.05) is 11.8 Å². The summed E-state index contributed by atoms with van der Waals surface area (Å²) in [5, 5.41) is 0. The summed E-state index contributed by atoms with van der Waals surface area (Å²) in [5.74, 6) is 0.516. The molecule has 0 N–H and O–H groups in total. The molecule has 1 aliphatic carbocycles. The second kappa shape index (κ2) is 7.32. The van der Waals surface area contributed by atoms with Crippen molar-refractivity contribution in [2.24, 2.45) is 0 Å². The third-order valence-corrected chi connectivity index (χ3v) is 5.69. The van der Waals surface area contributed by atoms with E-state index in [1.54, 1.807) is 0 Å². The zero-order valence-electron chi connectivity index (χ0n) is 15.7. The molecule has 0 saturated heterocycles. The van der Waals surface area contributed by atoms with Crippen LogP contribution in [0.2, 0.25) is 0 Å². The minimum Gasteiger partial charge on any atom is -0.0622 e. The van der Waals surface area contributed by atoms with E-state index in [1.807, 2.05) is 0 Å². The van der Waals surface area contributed by atoms with E-state index in [2.05, 4.69) is 121 Å². The predicted octanol–water partition coefficient (Wildman–Crippen LogP) is 7.05. The van der Waals surface area contributed by atoms with Crippen LogP contribution in [0.4, 0.5) is 0 Å². The molecule has 0 spiro atoms. The number of rotatable bonds is 4. The zero-order valence-corrected chi connectivity index (χ0v) is 15.7. The first kappa shape index (κ1) is 16.8. The summed E-state index contributed by atoms with van der Waals surface area (Å²) in [6, 6.07) is 41.5. The molecule has 0 fully saturated rings. The highest BCUT2D eigenvalue weighted by Gasteiger charge is 2.32. The molecule has 0 saturated carbocycles. The Kier molecular flexibility index (Phi) is 4.39. The lowest BCUT2D eigenvalue weighted by molar-refractivity contribution is 0.841. The first-order valence-corrected chi connectivity index (χ1v) is 9.87. The lowest BCUT2D eigenvalue weighted by Crippen LogP contribution is -2.11. The van der Waals surface area contributed by atoms with Gasteiger partial charge in [0.25, 0.3) is 0 Å². The monoisotopic (exact) mass is 358 g/mol. The molecular weight excluding hydrogens is 336 g/mol. The highest BCUT2D eigenvalue weighted by Crippen LogP contribution is 2.49. The average Bonchev–Trinajstić information content (AvgIpc) is 3.15. The molecule has 1 unspecified atom stereocenters. The summed E-state index contributed by atoms with van der Waals surface area (Å²) >= 11 is 0. The van der Waals surface area contributed by atoms with Crippen LogP contribution in [0.25, 0.3) is 6.08 Å². The van der Waals surface area contributed by atoms with Gasteiger partial charge < -0.3 is 0 Å². The van der Waals surface area contributed by atoms with Crippen LogP contribution in [0.5, 0.6) is 0 Å². The molecule has 4 aromatic carbocycles. The minimum atomic E-state index is 0.236. The molecule has 4 aromatic rings. The van der Waals surface area contributed by atoms with Gasteiger partial charge in [0.2, 0.25) is 0 Å². The van der Waals surface area contributed by atoms with Crippen LogP contribution in [0.15, 0.2) is 121 Å². The lowest BCUT2D eigenvalue weighted by Gasteiger charge is -2.26. The fourth-order valence-electron chi connectivity index (χ4n) is 4.48. The quantitative estimate of drug-likeness (QED) is 0.367. The fourth-order valence-corrected chi connectivity index (χ4v) is 4.48. The summed E-state index contributed by atoms with van der Waals surface area (Å²) in [6.07, 6.45) is 2.41. The summed E-state index contributed by atoms with van der Waals surface area (Å²) < 4.78 is 0. The Morgan fingerprint density at radius 3 is 1.61 bits per heavy atom. The lowest BCUT2D eigenvalue weighted by atomic mass is 9.77. The van der Waals surface area contributed by atoms with Gasteiger partial charge >= 0.3 is 0 Å². The van der Waals surface area contributed by atoms with E-state index >= 15 is 0 Å². The maximum Gasteiger partial charge on any atom is 0.0317 e. The van der Waals surface area contributed by atoms with Crippen molar-refractivity contribution in [3.05, 3.63) is 149 Å². The highest BCUT2D eigenvalue weighted by atomic mass is 14.4. The Bertz CT molecular complexity index is 1050. The predicted molar refractivity (Wildman–Crippen MR) is 117 cm³/mol. The van der Waals surface area contributed by atoms with Crippen molar-refractivity contribution in [3.63, 3.8) is 0 Å². The van der Waals surface area contributed by atoms with Crippen molar-refractivity contribution in [1.29, 1.82) is 0 Å². The number of fused-ring (bicyclic) bond motifs is 1. The van der Waals surface area contributed by atoms with E-state index in [-0.39, 0.29) is 11.8 Å². The number of allylic oxidation sites excluding steroid dienone is 1. The third-order valence-electron chi connectivity index (χ3n) is 5.69. The van der Waals surface area contributed by atoms with E-state index in [4.69, 9.17) is 0 Å². The van der Waals surface area contributed by atoms with Gasteiger partial charge in [-0.15, -0.1) is 0 Å². The van der Waals surface area contributed by atoms with Crippen LogP contribution in [0, 0.1) is 0 Å². The summed E-state index contributed by atoms with van der Waals surface area (Å²) in [7, 11) is 0. The normalized spacial score (nSPS) is 15.3. The molecule has 1 atom stereocenters. The van der Waals surface area contributed by atoms with E-state index in [9.17, 15) is 0 Å². The van der Waals surface area contributed by atoms with E-state index in [0.717, 1.165) is 0 Å². The largest absolute Gasteiger partial charge is 0.0622 e. The van der Waals surface area contributed by atoms with Gasteiger partial charge in [0.05, 0.1) is 0 Å². The summed E-state index contributed by atoms with van der Waals surface area (Å²) in [6.45, 7) is 0. The van der Waals surface area contributed by atoms with Crippen LogP contribution in [0.3, 0.4) is 0 Å². The molecule has 134 valence electrons. The molecule has 0 heteroatoms. The highest BCUT2D eigenvalue weighted by molar-refractivity contribution is 5.72. The Labute approximate surface area is 166 Å². The molecule has 5 rings (SSSR count). The van der Waals surface area contributed by atoms with Gasteiger partial charge in [-0.3, -0.25) is 0 Å². The molecule has 0 radical (unpaired) electrons.